The second-order valence-corrected chi connectivity index (χ2v) is 23.8. The quantitative estimate of drug-likeness (QED) is 0.0424. The number of nitrogens with one attached hydrogen (secondary N) is 10. The summed E-state index contributed by atoms with van der Waals surface area (Å²) in [4.78, 5) is 148. The number of primary amides is 1. The fraction of sp³-hybridized carbons (Fsp3) is 0.646. The molecule has 0 saturated heterocycles. The molecule has 25 heteroatoms. The Hall–Kier alpha value is -7.67. The molecule has 0 fully saturated rings. The van der Waals surface area contributed by atoms with Crippen LogP contribution in [0.25, 0.3) is 0 Å². The molecule has 0 aliphatic heterocycles. The Morgan fingerprint density at radius 2 is 0.989 bits per heavy atom. The Morgan fingerprint density at radius 3 is 1.54 bits per heavy atom. The van der Waals surface area contributed by atoms with Gasteiger partial charge in [-0.05, 0) is 87.1 Å². The zero-order valence-corrected chi connectivity index (χ0v) is 54.2. The van der Waals surface area contributed by atoms with Crippen LogP contribution in [0.5, 0.6) is 5.75 Å². The smallest absolute Gasteiger partial charge is 0.245 e. The van der Waals surface area contributed by atoms with E-state index in [2.05, 4.69) is 60.1 Å². The third-order valence-corrected chi connectivity index (χ3v) is 15.4. The summed E-state index contributed by atoms with van der Waals surface area (Å²) in [6.07, 6.45) is 15.0. The van der Waals surface area contributed by atoms with E-state index in [4.69, 9.17) is 11.5 Å². The van der Waals surface area contributed by atoms with E-state index in [-0.39, 0.29) is 43.8 Å². The number of hydrogen-bond donors (Lipinski definition) is 14. The van der Waals surface area contributed by atoms with Gasteiger partial charge >= 0.3 is 0 Å². The fourth-order valence-electron chi connectivity index (χ4n) is 9.87. The molecule has 0 radical (unpaired) electrons. The van der Waals surface area contributed by atoms with E-state index in [1.54, 1.807) is 44.2 Å². The van der Waals surface area contributed by atoms with Gasteiger partial charge in [0.25, 0.3) is 0 Å². The van der Waals surface area contributed by atoms with E-state index in [0.29, 0.717) is 43.5 Å². The number of rotatable bonds is 47. The lowest BCUT2D eigenvalue weighted by molar-refractivity contribution is -0.136. The summed E-state index contributed by atoms with van der Waals surface area (Å²) in [7, 11) is 0. The third-order valence-electron chi connectivity index (χ3n) is 15.4. The standard InChI is InChI=1S/C65H106N12O13/c1-8-10-11-12-13-14-15-16-17-18-19-25-36-68-59(84)49(28-23-24-35-66)74-64(89)54(41-78)76-62(87)52(38-46-26-21-20-22-27-46)72-56(82)40-69-60(85)50(33-34-55(67)81)73-58(83)44(6)70-61(86)53(39-47-29-31-48(80)32-30-47)75-65(90)57(43(5)9-2)77-63(88)51(37-42(3)4)71-45(7)79/h20-22,26-27,29-32,42-44,49-54,57,78,80H,8-19,23-25,28,33-41,66H2,1-7H3,(H2,67,81)(H,68,84)(H,69,85)(H,70,86)(H,71,79)(H,72,82)(H,73,83)(H,74,89)(H,75,90)(H,76,87)(H,77,88)/t43-,44-,49-,50-,51-,52-,53-,54-,57-/m0/s1. The molecule has 504 valence electrons. The van der Waals surface area contributed by atoms with Crippen molar-refractivity contribution in [1.29, 1.82) is 0 Å². The average molecular weight is 1260 g/mol. The molecule has 2 rings (SSSR count). The lowest BCUT2D eigenvalue weighted by atomic mass is 9.96. The van der Waals surface area contributed by atoms with Crippen molar-refractivity contribution in [2.75, 3.05) is 26.2 Å². The second kappa shape index (κ2) is 44.7. The first-order chi connectivity index (χ1) is 42.9. The molecule has 0 aromatic heterocycles. The molecule has 0 unspecified atom stereocenters. The molecule has 0 bridgehead atoms. The molecule has 16 N–H and O–H groups in total. The topological polar surface area (TPSA) is 401 Å². The lowest BCUT2D eigenvalue weighted by Gasteiger charge is -2.29. The first-order valence-corrected chi connectivity index (χ1v) is 32.3. The number of aromatic hydroxyl groups is 1. The largest absolute Gasteiger partial charge is 0.508 e. The zero-order chi connectivity index (χ0) is 67.0. The molecule has 25 nitrogen and oxygen atoms in total. The van der Waals surface area contributed by atoms with Crippen LogP contribution in [0, 0.1) is 11.8 Å². The van der Waals surface area contributed by atoms with Gasteiger partial charge in [0.2, 0.25) is 65.0 Å². The highest BCUT2D eigenvalue weighted by Gasteiger charge is 2.35. The zero-order valence-electron chi connectivity index (χ0n) is 54.2. The van der Waals surface area contributed by atoms with Crippen molar-refractivity contribution in [2.24, 2.45) is 23.3 Å². The summed E-state index contributed by atoms with van der Waals surface area (Å²) < 4.78 is 0. The average Bonchev–Trinajstić information content (AvgIpc) is 1.38. The first kappa shape index (κ1) is 78.4. The molecule has 11 amide bonds. The summed E-state index contributed by atoms with van der Waals surface area (Å²) in [5.74, 6) is -8.91. The van der Waals surface area contributed by atoms with Crippen LogP contribution >= 0.6 is 0 Å². The molecule has 9 atom stereocenters. The number of nitrogens with two attached hydrogens (primary N) is 2. The number of amides is 11. The number of phenolic OH excluding ortho intramolecular Hbond substituents is 1. The van der Waals surface area contributed by atoms with Gasteiger partial charge in [-0.15, -0.1) is 0 Å². The monoisotopic (exact) mass is 1260 g/mol. The molecular formula is C65H106N12O13. The predicted octanol–water partition coefficient (Wildman–Crippen LogP) is 2.51. The highest BCUT2D eigenvalue weighted by Crippen LogP contribution is 2.16. The number of aliphatic hydroxyl groups excluding tert-OH is 1. The SMILES string of the molecule is CCCCCCCCCCCCCCNC(=O)[C@H](CCCCN)NC(=O)[C@H](CO)NC(=O)[C@H](Cc1ccccc1)NC(=O)CNC(=O)[C@H](CCC(N)=O)NC(=O)[C@H](C)NC(=O)[C@H](Cc1ccc(O)cc1)NC(=O)[C@@H](NC(=O)[C@H](CC(C)C)NC(C)=O)[C@@H](C)CC. The molecule has 0 aliphatic carbocycles. The summed E-state index contributed by atoms with van der Waals surface area (Å²) in [5, 5.41) is 46.5. The van der Waals surface area contributed by atoms with Crippen LogP contribution in [0.2, 0.25) is 0 Å². The van der Waals surface area contributed by atoms with Gasteiger partial charge in [0.05, 0.1) is 13.2 Å². The van der Waals surface area contributed by atoms with E-state index in [1.807, 2.05) is 13.8 Å². The van der Waals surface area contributed by atoms with E-state index in [1.165, 1.54) is 89.5 Å². The molecule has 2 aromatic rings. The van der Waals surface area contributed by atoms with Crippen molar-refractivity contribution < 1.29 is 63.0 Å². The van der Waals surface area contributed by atoms with Crippen molar-refractivity contribution in [3.63, 3.8) is 0 Å². The van der Waals surface area contributed by atoms with E-state index >= 15 is 0 Å². The summed E-state index contributed by atoms with van der Waals surface area (Å²) >= 11 is 0. The highest BCUT2D eigenvalue weighted by atomic mass is 16.3. The molecule has 2 aromatic carbocycles. The van der Waals surface area contributed by atoms with Crippen LogP contribution in [-0.2, 0) is 65.6 Å². The summed E-state index contributed by atoms with van der Waals surface area (Å²) in [5.41, 5.74) is 12.2. The van der Waals surface area contributed by atoms with Crippen LogP contribution in [0.3, 0.4) is 0 Å². The third kappa shape index (κ3) is 32.7. The van der Waals surface area contributed by atoms with Gasteiger partial charge in [-0.25, -0.2) is 0 Å². The summed E-state index contributed by atoms with van der Waals surface area (Å²) in [6.45, 7) is 11.2. The van der Waals surface area contributed by atoms with Crippen molar-refractivity contribution in [2.45, 2.75) is 232 Å². The Kier molecular flexibility index (Phi) is 39.0. The van der Waals surface area contributed by atoms with Crippen LogP contribution in [-0.4, -0.2) is 150 Å². The van der Waals surface area contributed by atoms with E-state index < -0.39 is 139 Å². The number of hydrogen-bond acceptors (Lipinski definition) is 14. The Bertz CT molecular complexity index is 2540. The maximum atomic E-state index is 14.1. The van der Waals surface area contributed by atoms with Crippen molar-refractivity contribution in [3.8, 4) is 5.75 Å². The number of carbonyl (C=O) groups excluding carboxylic acids is 11. The minimum Gasteiger partial charge on any atom is -0.508 e. The van der Waals surface area contributed by atoms with Crippen molar-refractivity contribution in [1.82, 2.24) is 53.2 Å². The predicted molar refractivity (Wildman–Crippen MR) is 343 cm³/mol. The summed E-state index contributed by atoms with van der Waals surface area (Å²) in [6, 6.07) is 4.01. The van der Waals surface area contributed by atoms with Gasteiger partial charge in [-0.2, -0.15) is 0 Å². The highest BCUT2D eigenvalue weighted by molar-refractivity contribution is 5.98. The van der Waals surface area contributed by atoms with Gasteiger partial charge in [0, 0.05) is 32.7 Å². The normalized spacial score (nSPS) is 14.1. The number of phenols is 1. The van der Waals surface area contributed by atoms with Crippen LogP contribution < -0.4 is 64.6 Å². The fourth-order valence-corrected chi connectivity index (χ4v) is 9.87. The maximum absolute atomic E-state index is 14.1. The Morgan fingerprint density at radius 1 is 0.489 bits per heavy atom. The van der Waals surface area contributed by atoms with Crippen LogP contribution in [0.1, 0.15) is 182 Å². The maximum Gasteiger partial charge on any atom is 0.245 e. The van der Waals surface area contributed by atoms with E-state index in [0.717, 1.165) is 25.7 Å². The van der Waals surface area contributed by atoms with Crippen molar-refractivity contribution >= 4 is 65.0 Å². The van der Waals surface area contributed by atoms with Gasteiger partial charge in [-0.1, -0.05) is 154 Å². The van der Waals surface area contributed by atoms with Crippen LogP contribution in [0.15, 0.2) is 54.6 Å². The minimum atomic E-state index is -1.55. The number of aliphatic hydroxyl groups is 1. The molecular weight excluding hydrogens is 1160 g/mol. The molecule has 0 saturated carbocycles. The molecule has 0 heterocycles. The van der Waals surface area contributed by atoms with E-state index in [9.17, 15) is 63.0 Å². The minimum absolute atomic E-state index is 0.00192. The van der Waals surface area contributed by atoms with Gasteiger partial charge in [-0.3, -0.25) is 52.7 Å². The van der Waals surface area contributed by atoms with Crippen molar-refractivity contribution in [3.05, 3.63) is 65.7 Å². The van der Waals surface area contributed by atoms with Gasteiger partial charge in [0.15, 0.2) is 0 Å². The number of carbonyl (C=O) groups is 11. The molecule has 0 spiro atoms. The number of benzene rings is 2. The van der Waals surface area contributed by atoms with Gasteiger partial charge in [0.1, 0.15) is 54.1 Å². The van der Waals surface area contributed by atoms with Crippen LogP contribution in [0.4, 0.5) is 0 Å². The molecule has 90 heavy (non-hydrogen) atoms. The lowest BCUT2D eigenvalue weighted by Crippen LogP contribution is -2.60. The first-order valence-electron chi connectivity index (χ1n) is 32.3. The number of unbranched alkanes of at least 4 members (excludes halogenated alkanes) is 12. The second-order valence-electron chi connectivity index (χ2n) is 23.8. The Labute approximate surface area is 531 Å². The molecule has 0 aliphatic rings. The Balaban J connectivity index is 2.21. The van der Waals surface area contributed by atoms with Gasteiger partial charge < -0.3 is 74.8 Å².